The molecule has 128 valence electrons. The maximum Gasteiger partial charge on any atom is 0.279 e. The maximum absolute atomic E-state index is 13.7. The van der Waals surface area contributed by atoms with Gasteiger partial charge in [0.05, 0.1) is 16.8 Å². The first kappa shape index (κ1) is 16.1. The van der Waals surface area contributed by atoms with Gasteiger partial charge < -0.3 is 0 Å². The molecular formula is C20H11F3N2O. The lowest BCUT2D eigenvalue weighted by Crippen LogP contribution is -2.22. The van der Waals surface area contributed by atoms with Crippen molar-refractivity contribution in [2.24, 2.45) is 0 Å². The first-order valence-corrected chi connectivity index (χ1v) is 7.77. The largest absolute Gasteiger partial charge is 0.279 e. The van der Waals surface area contributed by atoms with Crippen LogP contribution in [0, 0.1) is 17.5 Å². The Hall–Kier alpha value is -3.41. The van der Waals surface area contributed by atoms with Gasteiger partial charge in [0.15, 0.2) is 0 Å². The summed E-state index contributed by atoms with van der Waals surface area (Å²) in [4.78, 5) is 12.8. The Kier molecular flexibility index (Phi) is 3.80. The molecule has 1 aromatic heterocycles. The van der Waals surface area contributed by atoms with Gasteiger partial charge in [-0.15, -0.1) is 0 Å². The van der Waals surface area contributed by atoms with E-state index in [-0.39, 0.29) is 5.39 Å². The average Bonchev–Trinajstić information content (AvgIpc) is 2.64. The summed E-state index contributed by atoms with van der Waals surface area (Å²) in [5, 5.41) is 4.94. The fourth-order valence-electron chi connectivity index (χ4n) is 2.79. The van der Waals surface area contributed by atoms with E-state index in [1.807, 2.05) is 0 Å². The molecule has 0 aliphatic heterocycles. The van der Waals surface area contributed by atoms with Crippen LogP contribution in [0.25, 0.3) is 27.7 Å². The highest BCUT2D eigenvalue weighted by atomic mass is 19.1. The minimum Gasteiger partial charge on any atom is -0.267 e. The van der Waals surface area contributed by atoms with Crippen molar-refractivity contribution in [2.75, 3.05) is 0 Å². The Morgan fingerprint density at radius 3 is 1.92 bits per heavy atom. The van der Waals surface area contributed by atoms with Crippen LogP contribution in [0.2, 0.25) is 0 Å². The number of hydrogen-bond acceptors (Lipinski definition) is 2. The molecule has 0 N–H and O–H groups in total. The van der Waals surface area contributed by atoms with Crippen LogP contribution in [-0.2, 0) is 0 Å². The van der Waals surface area contributed by atoms with Gasteiger partial charge in [-0.05, 0) is 66.7 Å². The number of rotatable bonds is 2. The average molecular weight is 352 g/mol. The summed E-state index contributed by atoms with van der Waals surface area (Å²) >= 11 is 0. The van der Waals surface area contributed by atoms with Gasteiger partial charge in [0, 0.05) is 10.9 Å². The molecule has 4 rings (SSSR count). The quantitative estimate of drug-likeness (QED) is 0.533. The lowest BCUT2D eigenvalue weighted by molar-refractivity contribution is 0.626. The second-order valence-electron chi connectivity index (χ2n) is 5.74. The van der Waals surface area contributed by atoms with Gasteiger partial charge in [-0.1, -0.05) is 0 Å². The van der Waals surface area contributed by atoms with Gasteiger partial charge in [-0.2, -0.15) is 9.78 Å². The highest BCUT2D eigenvalue weighted by molar-refractivity contribution is 5.94. The molecule has 0 amide bonds. The fraction of sp³-hybridized carbons (Fsp3) is 0. The van der Waals surface area contributed by atoms with Crippen molar-refractivity contribution in [1.82, 2.24) is 9.78 Å². The third-order valence-corrected chi connectivity index (χ3v) is 4.05. The van der Waals surface area contributed by atoms with Crippen LogP contribution in [0.5, 0.6) is 0 Å². The second-order valence-corrected chi connectivity index (χ2v) is 5.74. The fourth-order valence-corrected chi connectivity index (χ4v) is 2.79. The smallest absolute Gasteiger partial charge is 0.267 e. The number of nitrogens with zero attached hydrogens (tertiary/aromatic N) is 2. The molecule has 0 radical (unpaired) electrons. The standard InChI is InChI=1S/C20H11F3N2O/c21-13-3-1-12(2-4-13)19-17-10-7-15(23)11-18(17)20(26)25(24-19)16-8-5-14(22)6-9-16/h1-11H. The maximum atomic E-state index is 13.7. The van der Waals surface area contributed by atoms with Crippen molar-refractivity contribution in [1.29, 1.82) is 0 Å². The molecule has 0 spiro atoms. The summed E-state index contributed by atoms with van der Waals surface area (Å²) in [6, 6.07) is 14.7. The summed E-state index contributed by atoms with van der Waals surface area (Å²) in [5.74, 6) is -1.42. The summed E-state index contributed by atoms with van der Waals surface area (Å²) < 4.78 is 41.3. The number of benzene rings is 3. The van der Waals surface area contributed by atoms with Crippen LogP contribution in [0.4, 0.5) is 13.2 Å². The summed E-state index contributed by atoms with van der Waals surface area (Å²) in [5.41, 5.74) is 0.769. The number of aromatic nitrogens is 2. The predicted octanol–water partition coefficient (Wildman–Crippen LogP) is 4.47. The SMILES string of the molecule is O=c1c2cc(F)ccc2c(-c2ccc(F)cc2)nn1-c1ccc(F)cc1. The Morgan fingerprint density at radius 1 is 0.692 bits per heavy atom. The number of fused-ring (bicyclic) bond motifs is 1. The van der Waals surface area contributed by atoms with Crippen molar-refractivity contribution in [3.63, 3.8) is 0 Å². The van der Waals surface area contributed by atoms with Gasteiger partial charge in [0.25, 0.3) is 5.56 Å². The molecule has 4 aromatic rings. The molecule has 0 aliphatic carbocycles. The van der Waals surface area contributed by atoms with Gasteiger partial charge in [-0.25, -0.2) is 13.2 Å². The van der Waals surface area contributed by atoms with Crippen LogP contribution < -0.4 is 5.56 Å². The second kappa shape index (κ2) is 6.15. The predicted molar refractivity (Wildman–Crippen MR) is 92.7 cm³/mol. The van der Waals surface area contributed by atoms with E-state index < -0.39 is 23.0 Å². The van der Waals surface area contributed by atoms with Crippen LogP contribution in [0.15, 0.2) is 71.5 Å². The molecule has 1 heterocycles. The van der Waals surface area contributed by atoms with E-state index in [1.165, 1.54) is 60.7 Å². The Morgan fingerprint density at radius 2 is 1.27 bits per heavy atom. The molecule has 26 heavy (non-hydrogen) atoms. The van der Waals surface area contributed by atoms with Gasteiger partial charge >= 0.3 is 0 Å². The van der Waals surface area contributed by atoms with Crippen molar-refractivity contribution in [2.45, 2.75) is 0 Å². The minimum atomic E-state index is -0.559. The molecule has 0 atom stereocenters. The van der Waals surface area contributed by atoms with Gasteiger partial charge in [0.1, 0.15) is 17.5 Å². The Bertz CT molecular complexity index is 1170. The highest BCUT2D eigenvalue weighted by Gasteiger charge is 2.14. The molecule has 3 nitrogen and oxygen atoms in total. The van der Waals surface area contributed by atoms with Crippen LogP contribution >= 0.6 is 0 Å². The first-order chi connectivity index (χ1) is 12.5. The van der Waals surface area contributed by atoms with E-state index in [0.29, 0.717) is 22.3 Å². The van der Waals surface area contributed by atoms with E-state index in [4.69, 9.17) is 0 Å². The van der Waals surface area contributed by atoms with Crippen molar-refractivity contribution >= 4 is 10.8 Å². The number of hydrogen-bond donors (Lipinski definition) is 0. The number of halogens is 3. The molecule has 0 saturated carbocycles. The van der Waals surface area contributed by atoms with Crippen molar-refractivity contribution in [3.8, 4) is 16.9 Å². The topological polar surface area (TPSA) is 34.9 Å². The molecular weight excluding hydrogens is 341 g/mol. The lowest BCUT2D eigenvalue weighted by Gasteiger charge is -2.11. The van der Waals surface area contributed by atoms with Crippen molar-refractivity contribution in [3.05, 3.63) is 94.5 Å². The highest BCUT2D eigenvalue weighted by Crippen LogP contribution is 2.26. The van der Waals surface area contributed by atoms with E-state index in [0.717, 1.165) is 10.7 Å². The molecule has 0 fully saturated rings. The lowest BCUT2D eigenvalue weighted by atomic mass is 10.0. The summed E-state index contributed by atoms with van der Waals surface area (Å²) in [6.07, 6.45) is 0. The zero-order valence-corrected chi connectivity index (χ0v) is 13.3. The van der Waals surface area contributed by atoms with Crippen LogP contribution in [0.1, 0.15) is 0 Å². The molecule has 0 bridgehead atoms. The molecule has 0 aliphatic rings. The molecule has 0 saturated heterocycles. The third kappa shape index (κ3) is 2.75. The molecule has 6 heteroatoms. The normalized spacial score (nSPS) is 11.0. The zero-order valence-electron chi connectivity index (χ0n) is 13.3. The van der Waals surface area contributed by atoms with E-state index in [1.54, 1.807) is 0 Å². The van der Waals surface area contributed by atoms with E-state index in [9.17, 15) is 18.0 Å². The van der Waals surface area contributed by atoms with E-state index >= 15 is 0 Å². The summed E-state index contributed by atoms with van der Waals surface area (Å²) in [7, 11) is 0. The molecule has 3 aromatic carbocycles. The van der Waals surface area contributed by atoms with Crippen LogP contribution in [0.3, 0.4) is 0 Å². The van der Waals surface area contributed by atoms with Crippen molar-refractivity contribution < 1.29 is 13.2 Å². The third-order valence-electron chi connectivity index (χ3n) is 4.05. The van der Waals surface area contributed by atoms with Crippen LogP contribution in [-0.4, -0.2) is 9.78 Å². The monoisotopic (exact) mass is 352 g/mol. The Balaban J connectivity index is 2.07. The first-order valence-electron chi connectivity index (χ1n) is 7.77. The summed E-state index contributed by atoms with van der Waals surface area (Å²) in [6.45, 7) is 0. The minimum absolute atomic E-state index is 0.128. The zero-order chi connectivity index (χ0) is 18.3. The van der Waals surface area contributed by atoms with Gasteiger partial charge in [0.2, 0.25) is 0 Å². The van der Waals surface area contributed by atoms with E-state index in [2.05, 4.69) is 5.10 Å². The molecule has 0 unspecified atom stereocenters. The Labute approximate surface area is 146 Å². The van der Waals surface area contributed by atoms with Gasteiger partial charge in [-0.3, -0.25) is 4.79 Å².